The van der Waals surface area contributed by atoms with Crippen LogP contribution in [0.25, 0.3) is 0 Å². The van der Waals surface area contributed by atoms with Crippen molar-refractivity contribution in [2.24, 2.45) is 5.73 Å². The summed E-state index contributed by atoms with van der Waals surface area (Å²) >= 11 is 0. The molecule has 0 heterocycles. The summed E-state index contributed by atoms with van der Waals surface area (Å²) in [6.45, 7) is 6.86. The maximum Gasteiger partial charge on any atom is 0.0307 e. The van der Waals surface area contributed by atoms with Crippen molar-refractivity contribution in [3.63, 3.8) is 0 Å². The molecule has 0 bridgehead atoms. The monoisotopic (exact) mass is 249 g/mol. The second-order valence-corrected chi connectivity index (χ2v) is 4.88. The van der Waals surface area contributed by atoms with E-state index in [1.165, 1.54) is 16.7 Å². The Kier molecular flexibility index (Phi) is 4.04. The zero-order valence-corrected chi connectivity index (χ0v) is 11.7. The first kappa shape index (κ1) is 13.4. The molecule has 0 aliphatic rings. The number of hydrogen-bond acceptors (Lipinski definition) is 1. The lowest BCUT2D eigenvalue weighted by atomic mass is 9.99. The smallest absolute Gasteiger partial charge is 0.0307 e. The molecule has 0 unspecified atom stereocenters. The average Bonchev–Trinajstić information content (AvgIpc) is 2.38. The van der Waals surface area contributed by atoms with E-state index in [9.17, 15) is 0 Å². The number of benzene rings is 2. The van der Waals surface area contributed by atoms with Gasteiger partial charge in [-0.1, -0.05) is 47.7 Å². The van der Waals surface area contributed by atoms with Crippen LogP contribution in [0.5, 0.6) is 0 Å². The van der Waals surface area contributed by atoms with Gasteiger partial charge < -0.3 is 5.73 Å². The van der Waals surface area contributed by atoms with Gasteiger partial charge in [0, 0.05) is 17.7 Å². The fraction of sp³-hybridized carbons (Fsp3) is 0.222. The molecule has 1 heteroatoms. The molecule has 0 aliphatic heterocycles. The van der Waals surface area contributed by atoms with Crippen molar-refractivity contribution in [3.05, 3.63) is 69.8 Å². The SMILES string of the molecule is Cc1cc(C)c(C#Cc2ccccc2CN)c(C)c1. The van der Waals surface area contributed by atoms with Gasteiger partial charge >= 0.3 is 0 Å². The van der Waals surface area contributed by atoms with Gasteiger partial charge in [-0.15, -0.1) is 0 Å². The molecule has 96 valence electrons. The van der Waals surface area contributed by atoms with Gasteiger partial charge in [-0.05, 0) is 43.5 Å². The van der Waals surface area contributed by atoms with E-state index < -0.39 is 0 Å². The van der Waals surface area contributed by atoms with E-state index in [-0.39, 0.29) is 0 Å². The molecule has 2 aromatic rings. The molecule has 19 heavy (non-hydrogen) atoms. The largest absolute Gasteiger partial charge is 0.326 e. The molecule has 2 N–H and O–H groups in total. The van der Waals surface area contributed by atoms with Crippen LogP contribution in [-0.2, 0) is 6.54 Å². The van der Waals surface area contributed by atoms with Crippen LogP contribution in [0.1, 0.15) is 33.4 Å². The third kappa shape index (κ3) is 3.05. The Balaban J connectivity index is 2.45. The zero-order chi connectivity index (χ0) is 13.8. The average molecular weight is 249 g/mol. The summed E-state index contributed by atoms with van der Waals surface area (Å²) in [5, 5.41) is 0. The van der Waals surface area contributed by atoms with Crippen molar-refractivity contribution in [2.75, 3.05) is 0 Å². The lowest BCUT2D eigenvalue weighted by molar-refractivity contribution is 1.06. The van der Waals surface area contributed by atoms with E-state index in [0.717, 1.165) is 16.7 Å². The molecule has 1 nitrogen and oxygen atoms in total. The van der Waals surface area contributed by atoms with Gasteiger partial charge in [0.25, 0.3) is 0 Å². The minimum absolute atomic E-state index is 0.525. The van der Waals surface area contributed by atoms with Crippen molar-refractivity contribution in [3.8, 4) is 11.8 Å². The van der Waals surface area contributed by atoms with Crippen LogP contribution in [0, 0.1) is 32.6 Å². The molecular formula is C18H19N. The van der Waals surface area contributed by atoms with Crippen LogP contribution < -0.4 is 5.73 Å². The predicted octanol–water partition coefficient (Wildman–Crippen LogP) is 3.47. The highest BCUT2D eigenvalue weighted by atomic mass is 14.5. The fourth-order valence-electron chi connectivity index (χ4n) is 2.33. The van der Waals surface area contributed by atoms with E-state index in [2.05, 4.69) is 44.7 Å². The Morgan fingerprint density at radius 1 is 0.947 bits per heavy atom. The van der Waals surface area contributed by atoms with Crippen molar-refractivity contribution >= 4 is 0 Å². The second-order valence-electron chi connectivity index (χ2n) is 4.88. The number of nitrogens with two attached hydrogens (primary N) is 1. The van der Waals surface area contributed by atoms with Crippen molar-refractivity contribution in [2.45, 2.75) is 27.3 Å². The highest BCUT2D eigenvalue weighted by Crippen LogP contribution is 2.15. The summed E-state index contributed by atoms with van der Waals surface area (Å²) in [7, 11) is 0. The van der Waals surface area contributed by atoms with Crippen LogP contribution in [-0.4, -0.2) is 0 Å². The van der Waals surface area contributed by atoms with Gasteiger partial charge in [0.05, 0.1) is 0 Å². The molecule has 0 fully saturated rings. The van der Waals surface area contributed by atoms with Crippen LogP contribution in [0.2, 0.25) is 0 Å². The van der Waals surface area contributed by atoms with Crippen LogP contribution in [0.4, 0.5) is 0 Å². The van der Waals surface area contributed by atoms with Gasteiger partial charge in [-0.2, -0.15) is 0 Å². The van der Waals surface area contributed by atoms with Crippen molar-refractivity contribution in [1.82, 2.24) is 0 Å². The van der Waals surface area contributed by atoms with Gasteiger partial charge in [0.15, 0.2) is 0 Å². The van der Waals surface area contributed by atoms with E-state index in [1.54, 1.807) is 0 Å². The summed E-state index contributed by atoms with van der Waals surface area (Å²) in [6, 6.07) is 12.4. The van der Waals surface area contributed by atoms with E-state index in [0.29, 0.717) is 6.54 Å². The molecule has 0 aliphatic carbocycles. The Labute approximate surface area is 115 Å². The molecule has 0 spiro atoms. The van der Waals surface area contributed by atoms with Gasteiger partial charge in [0.2, 0.25) is 0 Å². The highest BCUT2D eigenvalue weighted by Gasteiger charge is 2.01. The lowest BCUT2D eigenvalue weighted by Gasteiger charge is -2.05. The van der Waals surface area contributed by atoms with Crippen LogP contribution in [0.15, 0.2) is 36.4 Å². The number of hydrogen-bond donors (Lipinski definition) is 1. The molecule has 2 aromatic carbocycles. The molecule has 0 saturated heterocycles. The Bertz CT molecular complexity index is 634. The fourth-order valence-corrected chi connectivity index (χ4v) is 2.33. The van der Waals surface area contributed by atoms with Crippen LogP contribution in [0.3, 0.4) is 0 Å². The first-order chi connectivity index (χ1) is 9.11. The first-order valence-electron chi connectivity index (χ1n) is 6.49. The maximum atomic E-state index is 5.73. The summed E-state index contributed by atoms with van der Waals surface area (Å²) in [6.07, 6.45) is 0. The minimum Gasteiger partial charge on any atom is -0.326 e. The minimum atomic E-state index is 0.525. The Morgan fingerprint density at radius 2 is 1.58 bits per heavy atom. The maximum absolute atomic E-state index is 5.73. The van der Waals surface area contributed by atoms with Crippen LogP contribution >= 0.6 is 0 Å². The van der Waals surface area contributed by atoms with Crippen molar-refractivity contribution in [1.29, 1.82) is 0 Å². The first-order valence-corrected chi connectivity index (χ1v) is 6.49. The Hall–Kier alpha value is -2.04. The highest BCUT2D eigenvalue weighted by molar-refractivity contribution is 5.52. The quantitative estimate of drug-likeness (QED) is 0.769. The Morgan fingerprint density at radius 3 is 2.21 bits per heavy atom. The normalized spacial score (nSPS) is 9.89. The van der Waals surface area contributed by atoms with E-state index >= 15 is 0 Å². The lowest BCUT2D eigenvalue weighted by Crippen LogP contribution is -1.98. The summed E-state index contributed by atoms with van der Waals surface area (Å²) in [5.74, 6) is 6.55. The second kappa shape index (κ2) is 5.73. The summed E-state index contributed by atoms with van der Waals surface area (Å²) < 4.78 is 0. The predicted molar refractivity (Wildman–Crippen MR) is 81.0 cm³/mol. The van der Waals surface area contributed by atoms with Gasteiger partial charge in [0.1, 0.15) is 0 Å². The van der Waals surface area contributed by atoms with Crippen molar-refractivity contribution < 1.29 is 0 Å². The standard InChI is InChI=1S/C18H19N/c1-13-10-14(2)18(15(3)11-13)9-8-16-6-4-5-7-17(16)12-19/h4-7,10-11H,12,19H2,1-3H3. The summed E-state index contributed by atoms with van der Waals surface area (Å²) in [5.41, 5.74) is 12.7. The number of rotatable bonds is 1. The zero-order valence-electron chi connectivity index (χ0n) is 11.7. The number of aryl methyl sites for hydroxylation is 3. The molecule has 0 saturated carbocycles. The summed E-state index contributed by atoms with van der Waals surface area (Å²) in [4.78, 5) is 0. The molecule has 0 radical (unpaired) electrons. The van der Waals surface area contributed by atoms with E-state index in [4.69, 9.17) is 5.73 Å². The van der Waals surface area contributed by atoms with Gasteiger partial charge in [-0.25, -0.2) is 0 Å². The third-order valence-corrected chi connectivity index (χ3v) is 3.24. The third-order valence-electron chi connectivity index (χ3n) is 3.24. The van der Waals surface area contributed by atoms with E-state index in [1.807, 2.05) is 24.3 Å². The van der Waals surface area contributed by atoms with Gasteiger partial charge in [-0.3, -0.25) is 0 Å². The molecule has 2 rings (SSSR count). The molecule has 0 aromatic heterocycles. The topological polar surface area (TPSA) is 26.0 Å². The molecular weight excluding hydrogens is 230 g/mol. The molecule has 0 atom stereocenters. The molecule has 0 amide bonds.